The molecule has 0 aliphatic rings. The molecule has 0 unspecified atom stereocenters. The zero-order valence-corrected chi connectivity index (χ0v) is 8.70. The van der Waals surface area contributed by atoms with Crippen LogP contribution in [0.4, 0.5) is 5.69 Å². The molecule has 0 aliphatic heterocycles. The van der Waals surface area contributed by atoms with Gasteiger partial charge in [-0.2, -0.15) is 0 Å². The number of aromatic nitrogens is 2. The van der Waals surface area contributed by atoms with Gasteiger partial charge in [0.2, 0.25) is 0 Å². The number of fused-ring (bicyclic) bond motifs is 3. The third-order valence-electron chi connectivity index (χ3n) is 2.66. The molecule has 17 heavy (non-hydrogen) atoms. The highest BCUT2D eigenvalue weighted by atomic mass is 16.6. The zero-order chi connectivity index (χ0) is 11.8. The summed E-state index contributed by atoms with van der Waals surface area (Å²) in [6, 6.07) is 12.1. The van der Waals surface area contributed by atoms with E-state index in [0.717, 1.165) is 5.39 Å². The predicted molar refractivity (Wildman–Crippen MR) is 63.7 cm³/mol. The van der Waals surface area contributed by atoms with Gasteiger partial charge in [0.15, 0.2) is 0 Å². The Labute approximate surface area is 95.9 Å². The highest BCUT2D eigenvalue weighted by molar-refractivity contribution is 6.08. The second-order valence-corrected chi connectivity index (χ2v) is 3.65. The van der Waals surface area contributed by atoms with Gasteiger partial charge in [-0.15, -0.1) is 10.2 Å². The van der Waals surface area contributed by atoms with Gasteiger partial charge in [-0.25, -0.2) is 0 Å². The number of nitro groups is 1. The number of benzene rings is 2. The topological polar surface area (TPSA) is 68.9 Å². The number of non-ortho nitro benzene ring substituents is 1. The first-order chi connectivity index (χ1) is 8.27. The Hall–Kier alpha value is -2.56. The average molecular weight is 225 g/mol. The highest BCUT2D eigenvalue weighted by Crippen LogP contribution is 2.29. The summed E-state index contributed by atoms with van der Waals surface area (Å²) in [5.41, 5.74) is 1.26. The van der Waals surface area contributed by atoms with Crippen molar-refractivity contribution in [1.29, 1.82) is 0 Å². The lowest BCUT2D eigenvalue weighted by atomic mass is 10.1. The minimum atomic E-state index is -0.392. The molecule has 3 aromatic rings. The molecule has 0 bridgehead atoms. The summed E-state index contributed by atoms with van der Waals surface area (Å²) < 4.78 is 0. The van der Waals surface area contributed by atoms with Crippen LogP contribution in [0.3, 0.4) is 0 Å². The van der Waals surface area contributed by atoms with E-state index in [-0.39, 0.29) is 5.69 Å². The monoisotopic (exact) mass is 225 g/mol. The summed E-state index contributed by atoms with van der Waals surface area (Å²) in [5.74, 6) is 0. The second kappa shape index (κ2) is 3.48. The Morgan fingerprint density at radius 2 is 1.65 bits per heavy atom. The molecule has 5 nitrogen and oxygen atoms in total. The molecule has 1 aromatic heterocycles. The second-order valence-electron chi connectivity index (χ2n) is 3.65. The summed E-state index contributed by atoms with van der Waals surface area (Å²) in [5, 5.41) is 20.4. The molecule has 0 spiro atoms. The molecule has 1 heterocycles. The van der Waals surface area contributed by atoms with E-state index < -0.39 is 4.92 Å². The summed E-state index contributed by atoms with van der Waals surface area (Å²) in [6.07, 6.45) is 0. The zero-order valence-electron chi connectivity index (χ0n) is 8.70. The maximum Gasteiger partial charge on any atom is 0.279 e. The van der Waals surface area contributed by atoms with E-state index in [1.54, 1.807) is 18.2 Å². The van der Waals surface area contributed by atoms with Gasteiger partial charge in [-0.05, 0) is 12.1 Å². The molecular formula is C12H7N3O2. The summed E-state index contributed by atoms with van der Waals surface area (Å²) >= 11 is 0. The third-order valence-corrected chi connectivity index (χ3v) is 2.66. The first-order valence-corrected chi connectivity index (χ1v) is 5.06. The molecule has 0 fully saturated rings. The van der Waals surface area contributed by atoms with Crippen LogP contribution in [-0.4, -0.2) is 15.1 Å². The molecule has 2 aromatic carbocycles. The number of rotatable bonds is 1. The normalized spacial score (nSPS) is 10.8. The van der Waals surface area contributed by atoms with E-state index in [4.69, 9.17) is 0 Å². The lowest BCUT2D eigenvalue weighted by molar-refractivity contribution is -0.383. The minimum Gasteiger partial charge on any atom is -0.258 e. The molecule has 0 amide bonds. The Morgan fingerprint density at radius 3 is 2.47 bits per heavy atom. The predicted octanol–water partition coefficient (Wildman–Crippen LogP) is 2.69. The average Bonchev–Trinajstić information content (AvgIpc) is 2.37. The first kappa shape index (κ1) is 9.65. The van der Waals surface area contributed by atoms with Crippen molar-refractivity contribution in [3.05, 3.63) is 52.6 Å². The minimum absolute atomic E-state index is 0.0635. The number of nitrogens with zero attached hydrogens (tertiary/aromatic N) is 3. The Kier molecular flexibility index (Phi) is 1.98. The number of nitro benzene ring substituents is 1. The third kappa shape index (κ3) is 1.40. The largest absolute Gasteiger partial charge is 0.279 e. The maximum atomic E-state index is 11.0. The molecule has 82 valence electrons. The molecule has 5 heteroatoms. The quantitative estimate of drug-likeness (QED) is 0.362. The van der Waals surface area contributed by atoms with Gasteiger partial charge in [0.25, 0.3) is 5.69 Å². The van der Waals surface area contributed by atoms with Crippen molar-refractivity contribution in [2.45, 2.75) is 0 Å². The van der Waals surface area contributed by atoms with Crippen LogP contribution in [0.25, 0.3) is 21.8 Å². The van der Waals surface area contributed by atoms with Gasteiger partial charge in [0, 0.05) is 11.5 Å². The summed E-state index contributed by atoms with van der Waals surface area (Å²) in [6.45, 7) is 0. The van der Waals surface area contributed by atoms with Crippen molar-refractivity contribution in [1.82, 2.24) is 10.2 Å². The Balaban J connectivity index is 2.59. The fraction of sp³-hybridized carbons (Fsp3) is 0. The van der Waals surface area contributed by atoms with Crippen molar-refractivity contribution < 1.29 is 4.92 Å². The van der Waals surface area contributed by atoms with Gasteiger partial charge in [0.05, 0.1) is 15.8 Å². The van der Waals surface area contributed by atoms with Gasteiger partial charge in [-0.3, -0.25) is 10.1 Å². The highest BCUT2D eigenvalue weighted by Gasteiger charge is 2.15. The van der Waals surface area contributed by atoms with Gasteiger partial charge < -0.3 is 0 Å². The SMILES string of the molecule is O=[N+]([O-])c1cccc2nnc3ccccc3c12. The molecule has 0 N–H and O–H groups in total. The van der Waals surface area contributed by atoms with E-state index in [9.17, 15) is 10.1 Å². The van der Waals surface area contributed by atoms with Crippen LogP contribution in [0.5, 0.6) is 0 Å². The van der Waals surface area contributed by atoms with E-state index in [1.807, 2.05) is 18.2 Å². The van der Waals surface area contributed by atoms with E-state index in [0.29, 0.717) is 16.4 Å². The lowest BCUT2D eigenvalue weighted by Crippen LogP contribution is -1.93. The fourth-order valence-corrected chi connectivity index (χ4v) is 1.92. The van der Waals surface area contributed by atoms with Crippen LogP contribution in [0.15, 0.2) is 42.5 Å². The summed E-state index contributed by atoms with van der Waals surface area (Å²) in [7, 11) is 0. The van der Waals surface area contributed by atoms with Crippen molar-refractivity contribution >= 4 is 27.5 Å². The Morgan fingerprint density at radius 1 is 0.941 bits per heavy atom. The summed E-state index contributed by atoms with van der Waals surface area (Å²) in [4.78, 5) is 10.6. The van der Waals surface area contributed by atoms with Crippen molar-refractivity contribution in [2.75, 3.05) is 0 Å². The van der Waals surface area contributed by atoms with Crippen molar-refractivity contribution in [3.63, 3.8) is 0 Å². The first-order valence-electron chi connectivity index (χ1n) is 5.06. The molecule has 0 saturated carbocycles. The van der Waals surface area contributed by atoms with Crippen molar-refractivity contribution in [2.24, 2.45) is 0 Å². The standard InChI is InChI=1S/C12H7N3O2/c16-15(17)11-7-3-6-10-12(11)8-4-1-2-5-9(8)13-14-10/h1-7H. The van der Waals surface area contributed by atoms with Gasteiger partial charge in [0.1, 0.15) is 5.52 Å². The smallest absolute Gasteiger partial charge is 0.258 e. The fourth-order valence-electron chi connectivity index (χ4n) is 1.92. The van der Waals surface area contributed by atoms with Crippen LogP contribution in [0.2, 0.25) is 0 Å². The van der Waals surface area contributed by atoms with Crippen LogP contribution < -0.4 is 0 Å². The Bertz CT molecular complexity index is 740. The van der Waals surface area contributed by atoms with Crippen LogP contribution in [0.1, 0.15) is 0 Å². The number of hydrogen-bond donors (Lipinski definition) is 0. The molecule has 3 rings (SSSR count). The molecule has 0 saturated heterocycles. The maximum absolute atomic E-state index is 11.0. The van der Waals surface area contributed by atoms with Gasteiger partial charge in [-0.1, -0.05) is 24.3 Å². The molecule has 0 atom stereocenters. The van der Waals surface area contributed by atoms with Crippen molar-refractivity contribution in [3.8, 4) is 0 Å². The van der Waals surface area contributed by atoms with E-state index in [2.05, 4.69) is 10.2 Å². The van der Waals surface area contributed by atoms with E-state index >= 15 is 0 Å². The van der Waals surface area contributed by atoms with E-state index in [1.165, 1.54) is 6.07 Å². The molecule has 0 aliphatic carbocycles. The molecular weight excluding hydrogens is 218 g/mol. The van der Waals surface area contributed by atoms with Crippen LogP contribution >= 0.6 is 0 Å². The van der Waals surface area contributed by atoms with Crippen LogP contribution in [0, 0.1) is 10.1 Å². The lowest BCUT2D eigenvalue weighted by Gasteiger charge is -2.02. The number of hydrogen-bond acceptors (Lipinski definition) is 4. The van der Waals surface area contributed by atoms with Crippen LogP contribution in [-0.2, 0) is 0 Å². The molecule has 0 radical (unpaired) electrons. The van der Waals surface area contributed by atoms with Gasteiger partial charge >= 0.3 is 0 Å².